The van der Waals surface area contributed by atoms with Crippen LogP contribution in [0.5, 0.6) is 0 Å². The Morgan fingerprint density at radius 3 is 2.29 bits per heavy atom. The van der Waals surface area contributed by atoms with Gasteiger partial charge in [0.25, 0.3) is 0 Å². The molecule has 1 N–H and O–H groups in total. The lowest BCUT2D eigenvalue weighted by atomic mass is 10.1. The molecule has 0 saturated heterocycles. The average Bonchev–Trinajstić information content (AvgIpc) is 2.14. The summed E-state index contributed by atoms with van der Waals surface area (Å²) in [6.45, 7) is 6.54. The zero-order valence-electron chi connectivity index (χ0n) is 9.00. The van der Waals surface area contributed by atoms with Gasteiger partial charge in [0, 0.05) is 11.1 Å². The molecule has 0 saturated carbocycles. The maximum atomic E-state index is 11.6. The number of ketones is 1. The molecule has 1 aromatic rings. The SMILES string of the molecule is CC(C)(C)NCC(=O)c1ccccc1. The van der Waals surface area contributed by atoms with E-state index in [1.807, 2.05) is 51.1 Å². The zero-order valence-corrected chi connectivity index (χ0v) is 9.00. The highest BCUT2D eigenvalue weighted by molar-refractivity contribution is 5.97. The van der Waals surface area contributed by atoms with E-state index in [0.717, 1.165) is 5.56 Å². The lowest BCUT2D eigenvalue weighted by molar-refractivity contribution is 0.0982. The van der Waals surface area contributed by atoms with Crippen molar-refractivity contribution in [3.63, 3.8) is 0 Å². The van der Waals surface area contributed by atoms with Crippen LogP contribution in [-0.4, -0.2) is 17.9 Å². The van der Waals surface area contributed by atoms with Crippen LogP contribution in [0, 0.1) is 0 Å². The molecule has 0 radical (unpaired) electrons. The largest absolute Gasteiger partial charge is 0.305 e. The minimum absolute atomic E-state index is 0.00948. The highest BCUT2D eigenvalue weighted by atomic mass is 16.1. The molecule has 0 aliphatic rings. The fraction of sp³-hybridized carbons (Fsp3) is 0.417. The summed E-state index contributed by atoms with van der Waals surface area (Å²) in [7, 11) is 0. The first-order chi connectivity index (χ1) is 6.49. The van der Waals surface area contributed by atoms with Crippen LogP contribution in [0.15, 0.2) is 30.3 Å². The van der Waals surface area contributed by atoms with Gasteiger partial charge in [-0.1, -0.05) is 30.3 Å². The predicted molar refractivity (Wildman–Crippen MR) is 58.5 cm³/mol. The molecule has 0 aromatic heterocycles. The van der Waals surface area contributed by atoms with Crippen LogP contribution in [0.4, 0.5) is 0 Å². The molecule has 1 rings (SSSR count). The summed E-state index contributed by atoms with van der Waals surface area (Å²) in [6, 6.07) is 9.35. The molecule has 0 fully saturated rings. The van der Waals surface area contributed by atoms with E-state index in [9.17, 15) is 4.79 Å². The lowest BCUT2D eigenvalue weighted by Crippen LogP contribution is -2.39. The average molecular weight is 191 g/mol. The second-order valence-electron chi connectivity index (χ2n) is 4.39. The van der Waals surface area contributed by atoms with Gasteiger partial charge in [0.15, 0.2) is 5.78 Å². The highest BCUT2D eigenvalue weighted by Gasteiger charge is 2.11. The number of benzene rings is 1. The van der Waals surface area contributed by atoms with Gasteiger partial charge >= 0.3 is 0 Å². The first-order valence-electron chi connectivity index (χ1n) is 4.82. The van der Waals surface area contributed by atoms with E-state index in [0.29, 0.717) is 6.54 Å². The Balaban J connectivity index is 2.52. The minimum atomic E-state index is -0.00948. The Labute approximate surface area is 85.3 Å². The van der Waals surface area contributed by atoms with Crippen molar-refractivity contribution in [2.75, 3.05) is 6.54 Å². The first kappa shape index (κ1) is 10.9. The lowest BCUT2D eigenvalue weighted by Gasteiger charge is -2.19. The number of rotatable bonds is 3. The topological polar surface area (TPSA) is 29.1 Å². The van der Waals surface area contributed by atoms with Crippen LogP contribution >= 0.6 is 0 Å². The number of nitrogens with one attached hydrogen (secondary N) is 1. The van der Waals surface area contributed by atoms with Crippen LogP contribution in [0.2, 0.25) is 0 Å². The van der Waals surface area contributed by atoms with Crippen LogP contribution < -0.4 is 5.32 Å². The molecule has 14 heavy (non-hydrogen) atoms. The van der Waals surface area contributed by atoms with Crippen molar-refractivity contribution in [3.8, 4) is 0 Å². The summed E-state index contributed by atoms with van der Waals surface area (Å²) in [6.07, 6.45) is 0. The Hall–Kier alpha value is -1.15. The molecule has 76 valence electrons. The third-order valence-electron chi connectivity index (χ3n) is 1.88. The fourth-order valence-electron chi connectivity index (χ4n) is 1.07. The third kappa shape index (κ3) is 3.71. The molecule has 0 amide bonds. The maximum absolute atomic E-state index is 11.6. The molecule has 1 aromatic carbocycles. The van der Waals surface area contributed by atoms with Crippen molar-refractivity contribution in [2.45, 2.75) is 26.3 Å². The van der Waals surface area contributed by atoms with Crippen molar-refractivity contribution in [2.24, 2.45) is 0 Å². The van der Waals surface area contributed by atoms with E-state index >= 15 is 0 Å². The minimum Gasteiger partial charge on any atom is -0.305 e. The number of carbonyl (C=O) groups is 1. The van der Waals surface area contributed by atoms with Crippen molar-refractivity contribution < 1.29 is 4.79 Å². The Bertz CT molecular complexity index is 298. The monoisotopic (exact) mass is 191 g/mol. The van der Waals surface area contributed by atoms with Gasteiger partial charge in [-0.15, -0.1) is 0 Å². The van der Waals surface area contributed by atoms with Gasteiger partial charge in [-0.05, 0) is 20.8 Å². The van der Waals surface area contributed by atoms with E-state index < -0.39 is 0 Å². The molecule has 0 unspecified atom stereocenters. The van der Waals surface area contributed by atoms with Crippen LogP contribution in [0.1, 0.15) is 31.1 Å². The summed E-state index contributed by atoms with van der Waals surface area (Å²) in [5.74, 6) is 0.139. The Kier molecular flexibility index (Phi) is 3.42. The van der Waals surface area contributed by atoms with Gasteiger partial charge in [0.2, 0.25) is 0 Å². The zero-order chi connectivity index (χ0) is 10.6. The molecule has 2 heteroatoms. The maximum Gasteiger partial charge on any atom is 0.176 e. The number of hydrogen-bond donors (Lipinski definition) is 1. The van der Waals surface area contributed by atoms with Gasteiger partial charge in [0.1, 0.15) is 0 Å². The number of carbonyl (C=O) groups excluding carboxylic acids is 1. The van der Waals surface area contributed by atoms with Crippen molar-refractivity contribution >= 4 is 5.78 Å². The fourth-order valence-corrected chi connectivity index (χ4v) is 1.07. The first-order valence-corrected chi connectivity index (χ1v) is 4.82. The quantitative estimate of drug-likeness (QED) is 0.742. The standard InChI is InChI=1S/C12H17NO/c1-12(2,3)13-9-11(14)10-7-5-4-6-8-10/h4-8,13H,9H2,1-3H3. The van der Waals surface area contributed by atoms with E-state index in [1.165, 1.54) is 0 Å². The third-order valence-corrected chi connectivity index (χ3v) is 1.88. The summed E-state index contributed by atoms with van der Waals surface area (Å²) in [5.41, 5.74) is 0.758. The second kappa shape index (κ2) is 4.38. The molecular weight excluding hydrogens is 174 g/mol. The van der Waals surface area contributed by atoms with Gasteiger partial charge in [0.05, 0.1) is 6.54 Å². The molecule has 0 spiro atoms. The predicted octanol–water partition coefficient (Wildman–Crippen LogP) is 2.26. The molecule has 0 bridgehead atoms. The Morgan fingerprint density at radius 1 is 1.21 bits per heavy atom. The van der Waals surface area contributed by atoms with Crippen molar-refractivity contribution in [1.82, 2.24) is 5.32 Å². The van der Waals surface area contributed by atoms with Gasteiger partial charge in [-0.25, -0.2) is 0 Å². The van der Waals surface area contributed by atoms with Crippen LogP contribution in [0.25, 0.3) is 0 Å². The van der Waals surface area contributed by atoms with Gasteiger partial charge in [-0.2, -0.15) is 0 Å². The number of hydrogen-bond acceptors (Lipinski definition) is 2. The summed E-state index contributed by atoms with van der Waals surface area (Å²) in [4.78, 5) is 11.6. The molecule has 0 aliphatic carbocycles. The van der Waals surface area contributed by atoms with E-state index in [-0.39, 0.29) is 11.3 Å². The van der Waals surface area contributed by atoms with Crippen molar-refractivity contribution in [3.05, 3.63) is 35.9 Å². The highest BCUT2D eigenvalue weighted by Crippen LogP contribution is 2.02. The van der Waals surface area contributed by atoms with E-state index in [2.05, 4.69) is 5.32 Å². The molecule has 0 heterocycles. The molecule has 2 nitrogen and oxygen atoms in total. The Morgan fingerprint density at radius 2 is 1.79 bits per heavy atom. The van der Waals surface area contributed by atoms with Gasteiger partial charge in [-0.3, -0.25) is 4.79 Å². The molecule has 0 aliphatic heterocycles. The molecule has 0 atom stereocenters. The summed E-state index contributed by atoms with van der Waals surface area (Å²) < 4.78 is 0. The number of Topliss-reactive ketones (excluding diaryl/α,β-unsaturated/α-hetero) is 1. The van der Waals surface area contributed by atoms with E-state index in [1.54, 1.807) is 0 Å². The van der Waals surface area contributed by atoms with Crippen LogP contribution in [-0.2, 0) is 0 Å². The van der Waals surface area contributed by atoms with Crippen LogP contribution in [0.3, 0.4) is 0 Å². The normalized spacial score (nSPS) is 11.4. The summed E-state index contributed by atoms with van der Waals surface area (Å²) in [5, 5.41) is 3.17. The van der Waals surface area contributed by atoms with Crippen molar-refractivity contribution in [1.29, 1.82) is 0 Å². The molecular formula is C12H17NO. The van der Waals surface area contributed by atoms with E-state index in [4.69, 9.17) is 0 Å². The smallest absolute Gasteiger partial charge is 0.176 e. The second-order valence-corrected chi connectivity index (χ2v) is 4.39. The summed E-state index contributed by atoms with van der Waals surface area (Å²) >= 11 is 0. The van der Waals surface area contributed by atoms with Gasteiger partial charge < -0.3 is 5.32 Å².